The van der Waals surface area contributed by atoms with Crippen molar-refractivity contribution in [1.82, 2.24) is 4.90 Å². The van der Waals surface area contributed by atoms with Crippen molar-refractivity contribution >= 4 is 11.4 Å². The van der Waals surface area contributed by atoms with E-state index in [0.717, 1.165) is 18.3 Å². The molecule has 0 saturated heterocycles. The number of rotatable bonds is 5. The van der Waals surface area contributed by atoms with Crippen LogP contribution >= 0.6 is 0 Å². The smallest absolute Gasteiger partial charge is 0.121 e. The van der Waals surface area contributed by atoms with Crippen LogP contribution in [0, 0.1) is 11.8 Å². The van der Waals surface area contributed by atoms with Gasteiger partial charge in [-0.25, -0.2) is 0 Å². The van der Waals surface area contributed by atoms with Gasteiger partial charge in [-0.15, -0.1) is 0 Å². The predicted molar refractivity (Wildman–Crippen MR) is 84.8 cm³/mol. The van der Waals surface area contributed by atoms with Gasteiger partial charge in [-0.05, 0) is 63.7 Å². The van der Waals surface area contributed by atoms with Crippen LogP contribution in [-0.2, 0) is 0 Å². The van der Waals surface area contributed by atoms with E-state index in [1.54, 1.807) is 6.07 Å². The topological polar surface area (TPSA) is 64.5 Å². The van der Waals surface area contributed by atoms with Crippen LogP contribution in [0.1, 0.15) is 25.7 Å². The van der Waals surface area contributed by atoms with E-state index < -0.39 is 0 Å². The van der Waals surface area contributed by atoms with Crippen molar-refractivity contribution < 1.29 is 4.74 Å². The van der Waals surface area contributed by atoms with Crippen molar-refractivity contribution in [3.05, 3.63) is 18.2 Å². The second kappa shape index (κ2) is 6.84. The summed E-state index contributed by atoms with van der Waals surface area (Å²) in [4.78, 5) is 2.29. The summed E-state index contributed by atoms with van der Waals surface area (Å²) in [6.45, 7) is 2.00. The number of nitrogens with zero attached hydrogens (tertiary/aromatic N) is 1. The Bertz CT molecular complexity index is 426. The van der Waals surface area contributed by atoms with Gasteiger partial charge >= 0.3 is 0 Å². The van der Waals surface area contributed by atoms with E-state index in [-0.39, 0.29) is 0 Å². The van der Waals surface area contributed by atoms with Gasteiger partial charge in [-0.2, -0.15) is 0 Å². The minimum Gasteiger partial charge on any atom is -0.493 e. The summed E-state index contributed by atoms with van der Waals surface area (Å²) in [5.41, 5.74) is 12.7. The normalized spacial score (nSPS) is 22.9. The summed E-state index contributed by atoms with van der Waals surface area (Å²) >= 11 is 0. The molecule has 0 radical (unpaired) electrons. The monoisotopic (exact) mass is 277 g/mol. The highest BCUT2D eigenvalue weighted by atomic mass is 16.5. The standard InChI is InChI=1S/C16H27N3O/c1-19(2)10-12-3-5-13(6-4-12)11-20-14-7-8-15(17)16(18)9-14/h7-9,12-13H,3-6,10-11,17-18H2,1-2H3. The third-order valence-corrected chi connectivity index (χ3v) is 4.13. The molecule has 1 aliphatic carbocycles. The number of ether oxygens (including phenoxy) is 1. The van der Waals surface area contributed by atoms with E-state index in [4.69, 9.17) is 16.2 Å². The summed E-state index contributed by atoms with van der Waals surface area (Å²) in [6, 6.07) is 5.51. The molecular weight excluding hydrogens is 250 g/mol. The van der Waals surface area contributed by atoms with Gasteiger partial charge in [0.1, 0.15) is 5.75 Å². The molecule has 1 aromatic carbocycles. The van der Waals surface area contributed by atoms with Crippen LogP contribution in [-0.4, -0.2) is 32.1 Å². The Hall–Kier alpha value is -1.42. The molecule has 0 atom stereocenters. The molecule has 20 heavy (non-hydrogen) atoms. The lowest BCUT2D eigenvalue weighted by atomic mass is 9.82. The lowest BCUT2D eigenvalue weighted by Gasteiger charge is -2.30. The minimum absolute atomic E-state index is 0.595. The second-order valence-corrected chi connectivity index (χ2v) is 6.25. The van der Waals surface area contributed by atoms with E-state index in [1.165, 1.54) is 32.2 Å². The highest BCUT2D eigenvalue weighted by Crippen LogP contribution is 2.30. The van der Waals surface area contributed by atoms with E-state index >= 15 is 0 Å². The summed E-state index contributed by atoms with van der Waals surface area (Å²) in [5, 5.41) is 0. The van der Waals surface area contributed by atoms with Gasteiger partial charge < -0.3 is 21.1 Å². The molecular formula is C16H27N3O. The first-order chi connectivity index (χ1) is 9.54. The van der Waals surface area contributed by atoms with Crippen LogP contribution in [0.3, 0.4) is 0 Å². The molecule has 1 saturated carbocycles. The second-order valence-electron chi connectivity index (χ2n) is 6.25. The largest absolute Gasteiger partial charge is 0.493 e. The number of nitrogen functional groups attached to an aromatic ring is 2. The molecule has 1 fully saturated rings. The molecule has 2 rings (SSSR count). The third kappa shape index (κ3) is 4.30. The Kier molecular flexibility index (Phi) is 5.12. The van der Waals surface area contributed by atoms with Crippen molar-refractivity contribution in [3.8, 4) is 5.75 Å². The van der Waals surface area contributed by atoms with Crippen LogP contribution in [0.4, 0.5) is 11.4 Å². The summed E-state index contributed by atoms with van der Waals surface area (Å²) in [7, 11) is 4.31. The average molecular weight is 277 g/mol. The Labute approximate surface area is 122 Å². The molecule has 0 spiro atoms. The number of benzene rings is 1. The molecule has 0 aromatic heterocycles. The Morgan fingerprint density at radius 3 is 2.30 bits per heavy atom. The summed E-state index contributed by atoms with van der Waals surface area (Å²) < 4.78 is 5.85. The third-order valence-electron chi connectivity index (χ3n) is 4.13. The minimum atomic E-state index is 0.595. The van der Waals surface area contributed by atoms with Gasteiger partial charge in [0.05, 0.1) is 18.0 Å². The van der Waals surface area contributed by atoms with Crippen LogP contribution in [0.25, 0.3) is 0 Å². The highest BCUT2D eigenvalue weighted by Gasteiger charge is 2.22. The van der Waals surface area contributed by atoms with Gasteiger partial charge in [0.2, 0.25) is 0 Å². The fourth-order valence-electron chi connectivity index (χ4n) is 2.95. The van der Waals surface area contributed by atoms with E-state index in [2.05, 4.69) is 19.0 Å². The van der Waals surface area contributed by atoms with Gasteiger partial charge in [0.15, 0.2) is 0 Å². The molecule has 0 unspecified atom stereocenters. The maximum atomic E-state index is 5.85. The molecule has 0 aliphatic heterocycles. The molecule has 1 aromatic rings. The predicted octanol–water partition coefficient (Wildman–Crippen LogP) is 2.60. The molecule has 0 heterocycles. The van der Waals surface area contributed by atoms with Crippen molar-refractivity contribution in [1.29, 1.82) is 0 Å². The molecule has 1 aliphatic rings. The fourth-order valence-corrected chi connectivity index (χ4v) is 2.95. The lowest BCUT2D eigenvalue weighted by molar-refractivity contribution is 0.166. The van der Waals surface area contributed by atoms with Crippen LogP contribution in [0.5, 0.6) is 5.75 Å². The van der Waals surface area contributed by atoms with Crippen molar-refractivity contribution in [2.24, 2.45) is 11.8 Å². The van der Waals surface area contributed by atoms with Crippen LogP contribution < -0.4 is 16.2 Å². The first-order valence-corrected chi connectivity index (χ1v) is 7.47. The molecule has 4 nitrogen and oxygen atoms in total. The number of hydrogen-bond donors (Lipinski definition) is 2. The lowest BCUT2D eigenvalue weighted by Crippen LogP contribution is -2.27. The fraction of sp³-hybridized carbons (Fsp3) is 0.625. The first kappa shape index (κ1) is 15.0. The number of nitrogens with two attached hydrogens (primary N) is 2. The zero-order valence-electron chi connectivity index (χ0n) is 12.6. The van der Waals surface area contributed by atoms with Crippen LogP contribution in [0.15, 0.2) is 18.2 Å². The zero-order valence-corrected chi connectivity index (χ0v) is 12.6. The molecule has 112 valence electrons. The highest BCUT2D eigenvalue weighted by molar-refractivity contribution is 5.65. The van der Waals surface area contributed by atoms with Gasteiger partial charge in [0, 0.05) is 12.6 Å². The maximum absolute atomic E-state index is 5.85. The van der Waals surface area contributed by atoms with Gasteiger partial charge in [0.25, 0.3) is 0 Å². The van der Waals surface area contributed by atoms with Gasteiger partial charge in [-0.1, -0.05) is 0 Å². The Morgan fingerprint density at radius 1 is 1.05 bits per heavy atom. The molecule has 0 amide bonds. The van der Waals surface area contributed by atoms with E-state index in [1.807, 2.05) is 12.1 Å². The number of hydrogen-bond acceptors (Lipinski definition) is 4. The SMILES string of the molecule is CN(C)CC1CCC(COc2ccc(N)c(N)c2)CC1. The first-order valence-electron chi connectivity index (χ1n) is 7.47. The maximum Gasteiger partial charge on any atom is 0.121 e. The summed E-state index contributed by atoms with van der Waals surface area (Å²) in [5.74, 6) is 2.35. The summed E-state index contributed by atoms with van der Waals surface area (Å²) in [6.07, 6.45) is 5.16. The van der Waals surface area contributed by atoms with Gasteiger partial charge in [-0.3, -0.25) is 0 Å². The zero-order chi connectivity index (χ0) is 14.5. The van der Waals surface area contributed by atoms with Crippen molar-refractivity contribution in [2.75, 3.05) is 38.7 Å². The average Bonchev–Trinajstić information content (AvgIpc) is 2.41. The van der Waals surface area contributed by atoms with Crippen molar-refractivity contribution in [2.45, 2.75) is 25.7 Å². The number of anilines is 2. The Morgan fingerprint density at radius 2 is 1.70 bits per heavy atom. The molecule has 4 heteroatoms. The molecule has 4 N–H and O–H groups in total. The van der Waals surface area contributed by atoms with E-state index in [0.29, 0.717) is 17.3 Å². The van der Waals surface area contributed by atoms with E-state index in [9.17, 15) is 0 Å². The Balaban J connectivity index is 1.74. The van der Waals surface area contributed by atoms with Crippen LogP contribution in [0.2, 0.25) is 0 Å². The van der Waals surface area contributed by atoms with Crippen molar-refractivity contribution in [3.63, 3.8) is 0 Å². The molecule has 0 bridgehead atoms. The quantitative estimate of drug-likeness (QED) is 0.812.